The molecule has 0 rings (SSSR count). The molecule has 0 aliphatic carbocycles. The molecule has 0 N–H and O–H groups in total. The largest absolute Gasteiger partial charge is 0.116 e. The molecule has 0 saturated heterocycles. The van der Waals surface area contributed by atoms with Crippen LogP contribution in [0.2, 0.25) is 0 Å². The van der Waals surface area contributed by atoms with Crippen molar-refractivity contribution in [3.8, 4) is 12.3 Å². The van der Waals surface area contributed by atoms with E-state index in [0.717, 1.165) is 0 Å². The van der Waals surface area contributed by atoms with Crippen LogP contribution in [0.25, 0.3) is 0 Å². The number of allylic oxidation sites excluding steroid dienone is 1. The highest BCUT2D eigenvalue weighted by Crippen LogP contribution is 2.12. The predicted octanol–water partition coefficient (Wildman–Crippen LogP) is 2.38. The maximum Gasteiger partial charge on any atom is 0.0296 e. The van der Waals surface area contributed by atoms with Gasteiger partial charge in [-0.05, 0) is 11.5 Å². The fraction of sp³-hybridized carbons (Fsp3) is 0.444. The summed E-state index contributed by atoms with van der Waals surface area (Å²) in [5.41, 5.74) is 3.08. The van der Waals surface area contributed by atoms with Gasteiger partial charge < -0.3 is 0 Å². The van der Waals surface area contributed by atoms with Gasteiger partial charge in [-0.2, -0.15) is 0 Å². The van der Waals surface area contributed by atoms with Crippen LogP contribution in [-0.2, 0) is 0 Å². The third kappa shape index (κ3) is 7.08. The maximum absolute atomic E-state index is 4.97. The monoisotopic (exact) mass is 120 g/mol. The third-order valence-corrected chi connectivity index (χ3v) is 0.683. The highest BCUT2D eigenvalue weighted by atomic mass is 14.1. The minimum atomic E-state index is 0.188. The van der Waals surface area contributed by atoms with Gasteiger partial charge in [0.15, 0.2) is 0 Å². The maximum atomic E-state index is 4.97. The molecule has 0 heteroatoms. The lowest BCUT2D eigenvalue weighted by atomic mass is 9.97. The van der Waals surface area contributed by atoms with Crippen molar-refractivity contribution in [1.82, 2.24) is 0 Å². The summed E-state index contributed by atoms with van der Waals surface area (Å²) in [5, 5.41) is 0. The van der Waals surface area contributed by atoms with Gasteiger partial charge in [0.25, 0.3) is 0 Å². The van der Waals surface area contributed by atoms with Crippen molar-refractivity contribution in [3.63, 3.8) is 0 Å². The van der Waals surface area contributed by atoms with Crippen molar-refractivity contribution in [2.24, 2.45) is 5.41 Å². The fourth-order valence-electron chi connectivity index (χ4n) is 0.340. The molecule has 0 nitrogen and oxygen atoms in total. The Kier molecular flexibility index (Phi) is 2.85. The molecule has 0 radical (unpaired) electrons. The van der Waals surface area contributed by atoms with Gasteiger partial charge in [-0.3, -0.25) is 0 Å². The summed E-state index contributed by atoms with van der Waals surface area (Å²) in [7, 11) is 0. The summed E-state index contributed by atoms with van der Waals surface area (Å²) in [4.78, 5) is 0. The predicted molar refractivity (Wildman–Crippen MR) is 40.9 cm³/mol. The summed E-state index contributed by atoms with van der Waals surface area (Å²) >= 11 is 0. The molecule has 0 atom stereocenters. The first-order valence-electron chi connectivity index (χ1n) is 2.94. The first kappa shape index (κ1) is 8.08. The Morgan fingerprint density at radius 1 is 1.33 bits per heavy atom. The summed E-state index contributed by atoms with van der Waals surface area (Å²) < 4.78 is 0. The van der Waals surface area contributed by atoms with E-state index in [4.69, 9.17) is 6.42 Å². The van der Waals surface area contributed by atoms with E-state index in [0.29, 0.717) is 0 Å². The number of hydrogen-bond acceptors (Lipinski definition) is 0. The standard InChI is InChI=1S/C9H12/c1-5-6-7-8-9(2,3)4/h1,6,8H,2-4H3. The zero-order chi connectivity index (χ0) is 7.33. The van der Waals surface area contributed by atoms with E-state index in [2.05, 4.69) is 32.4 Å². The Labute approximate surface area is 57.3 Å². The highest BCUT2D eigenvalue weighted by molar-refractivity contribution is 5.09. The second kappa shape index (κ2) is 3.17. The van der Waals surface area contributed by atoms with Crippen LogP contribution in [0.4, 0.5) is 0 Å². The summed E-state index contributed by atoms with van der Waals surface area (Å²) in [6, 6.07) is 0. The minimum absolute atomic E-state index is 0.188. The number of rotatable bonds is 0. The van der Waals surface area contributed by atoms with E-state index in [1.165, 1.54) is 0 Å². The normalized spacial score (nSPS) is 9.11. The van der Waals surface area contributed by atoms with Crippen molar-refractivity contribution in [1.29, 1.82) is 0 Å². The van der Waals surface area contributed by atoms with Crippen LogP contribution < -0.4 is 0 Å². The quantitative estimate of drug-likeness (QED) is 0.340. The molecule has 9 heavy (non-hydrogen) atoms. The number of terminal acetylenes is 1. The van der Waals surface area contributed by atoms with Gasteiger partial charge in [-0.25, -0.2) is 0 Å². The molecule has 0 amide bonds. The second-order valence-electron chi connectivity index (χ2n) is 2.99. The molecule has 0 bridgehead atoms. The van der Waals surface area contributed by atoms with Crippen molar-refractivity contribution >= 4 is 0 Å². The Morgan fingerprint density at radius 2 is 1.89 bits per heavy atom. The van der Waals surface area contributed by atoms with Crippen LogP contribution in [0, 0.1) is 17.8 Å². The van der Waals surface area contributed by atoms with Gasteiger partial charge in [-0.1, -0.05) is 26.7 Å². The lowest BCUT2D eigenvalue weighted by Crippen LogP contribution is -1.96. The van der Waals surface area contributed by atoms with E-state index in [1.54, 1.807) is 6.08 Å². The molecule has 0 aliphatic heterocycles. The zero-order valence-corrected chi connectivity index (χ0v) is 6.23. The zero-order valence-electron chi connectivity index (χ0n) is 6.23. The molecule has 48 valence electrons. The van der Waals surface area contributed by atoms with Gasteiger partial charge in [0.05, 0.1) is 0 Å². The van der Waals surface area contributed by atoms with Gasteiger partial charge in [0.2, 0.25) is 0 Å². The molecular weight excluding hydrogens is 108 g/mol. The van der Waals surface area contributed by atoms with Crippen LogP contribution in [0.1, 0.15) is 20.8 Å². The molecular formula is C9H12. The molecule has 0 fully saturated rings. The number of hydrogen-bond donors (Lipinski definition) is 0. The van der Waals surface area contributed by atoms with E-state index in [9.17, 15) is 0 Å². The van der Waals surface area contributed by atoms with Gasteiger partial charge in [0, 0.05) is 6.08 Å². The van der Waals surface area contributed by atoms with E-state index < -0.39 is 0 Å². The Bertz CT molecular complexity index is 165. The van der Waals surface area contributed by atoms with Crippen molar-refractivity contribution in [2.75, 3.05) is 0 Å². The molecule has 0 spiro atoms. The first-order valence-corrected chi connectivity index (χ1v) is 2.94. The average Bonchev–Trinajstić information content (AvgIpc) is 1.63. The lowest BCUT2D eigenvalue weighted by molar-refractivity contribution is 0.545. The topological polar surface area (TPSA) is 0 Å². The SMILES string of the molecule is C#CC=C=CC(C)(C)C. The molecule has 0 aromatic heterocycles. The average molecular weight is 120 g/mol. The smallest absolute Gasteiger partial charge is 0.0296 e. The van der Waals surface area contributed by atoms with Crippen molar-refractivity contribution in [2.45, 2.75) is 20.8 Å². The fourth-order valence-corrected chi connectivity index (χ4v) is 0.340. The Balaban J connectivity index is 4.04. The van der Waals surface area contributed by atoms with Gasteiger partial charge >= 0.3 is 0 Å². The van der Waals surface area contributed by atoms with E-state index in [1.807, 2.05) is 6.08 Å². The third-order valence-electron chi connectivity index (χ3n) is 0.683. The van der Waals surface area contributed by atoms with Crippen LogP contribution in [0.3, 0.4) is 0 Å². The van der Waals surface area contributed by atoms with Crippen LogP contribution in [-0.4, -0.2) is 0 Å². The molecule has 0 aromatic rings. The Hall–Kier alpha value is -0.920. The second-order valence-corrected chi connectivity index (χ2v) is 2.99. The van der Waals surface area contributed by atoms with E-state index in [-0.39, 0.29) is 5.41 Å². The van der Waals surface area contributed by atoms with E-state index >= 15 is 0 Å². The Morgan fingerprint density at radius 3 is 2.22 bits per heavy atom. The molecule has 0 aliphatic rings. The molecule has 0 heterocycles. The molecule has 0 aromatic carbocycles. The molecule has 0 unspecified atom stereocenters. The summed E-state index contributed by atoms with van der Waals surface area (Å²) in [5.74, 6) is 2.37. The summed E-state index contributed by atoms with van der Waals surface area (Å²) in [6.07, 6.45) is 8.50. The minimum Gasteiger partial charge on any atom is -0.116 e. The lowest BCUT2D eigenvalue weighted by Gasteiger charge is -2.07. The molecule has 0 saturated carbocycles. The first-order chi connectivity index (χ1) is 4.06. The van der Waals surface area contributed by atoms with Crippen molar-refractivity contribution in [3.05, 3.63) is 17.9 Å². The van der Waals surface area contributed by atoms with Gasteiger partial charge in [-0.15, -0.1) is 12.2 Å². The van der Waals surface area contributed by atoms with Crippen LogP contribution in [0.15, 0.2) is 17.9 Å². The van der Waals surface area contributed by atoms with Crippen LogP contribution >= 0.6 is 0 Å². The van der Waals surface area contributed by atoms with Crippen LogP contribution in [0.5, 0.6) is 0 Å². The van der Waals surface area contributed by atoms with Gasteiger partial charge in [0.1, 0.15) is 0 Å². The highest BCUT2D eigenvalue weighted by Gasteiger charge is 2.01. The van der Waals surface area contributed by atoms with Crippen molar-refractivity contribution < 1.29 is 0 Å². The summed E-state index contributed by atoms with van der Waals surface area (Å²) in [6.45, 7) is 6.30.